The Balaban J connectivity index is 1.91. The molecule has 37 heavy (non-hydrogen) atoms. The van der Waals surface area contributed by atoms with Crippen LogP contribution in [0.1, 0.15) is 55.0 Å². The van der Waals surface area contributed by atoms with Crippen LogP contribution in [0.3, 0.4) is 0 Å². The number of aromatic carboxylic acids is 1. The number of thioether (sulfide) groups is 1. The molecule has 3 rings (SSSR count). The number of rotatable bonds is 12. The minimum absolute atomic E-state index is 0.0505. The maximum Gasteiger partial charge on any atom is 0.421 e. The van der Waals surface area contributed by atoms with Gasteiger partial charge in [0.25, 0.3) is 10.0 Å². The second kappa shape index (κ2) is 12.8. The van der Waals surface area contributed by atoms with Crippen molar-refractivity contribution in [3.05, 3.63) is 65.6 Å². The molecule has 198 valence electrons. The number of hydrogen-bond donors (Lipinski definition) is 2. The van der Waals surface area contributed by atoms with Gasteiger partial charge < -0.3 is 14.4 Å². The van der Waals surface area contributed by atoms with Gasteiger partial charge in [-0.3, -0.25) is 0 Å². The number of carbonyl (C=O) groups is 2. The smallest absolute Gasteiger partial charge is 0.421 e. The molecule has 2 aromatic carbocycles. The molecule has 1 aromatic heterocycles. The van der Waals surface area contributed by atoms with Crippen LogP contribution in [-0.2, 0) is 27.7 Å². The minimum Gasteiger partial charge on any atom is -0.476 e. The van der Waals surface area contributed by atoms with Crippen LogP contribution < -0.4 is 4.72 Å². The fourth-order valence-corrected chi connectivity index (χ4v) is 5.53. The van der Waals surface area contributed by atoms with Crippen LogP contribution in [0.25, 0.3) is 11.1 Å². The molecule has 0 fully saturated rings. The number of hydrogen-bond acceptors (Lipinski definition) is 7. The minimum atomic E-state index is -4.16. The number of unbranched alkanes of at least 4 members (excludes halogenated alkanes) is 1. The molecule has 3 aromatic rings. The number of aromatic nitrogens is 2. The van der Waals surface area contributed by atoms with Crippen molar-refractivity contribution in [3.63, 3.8) is 0 Å². The lowest BCUT2D eigenvalue weighted by molar-refractivity contribution is 0.0681. The van der Waals surface area contributed by atoms with E-state index in [2.05, 4.69) is 11.9 Å². The molecule has 0 radical (unpaired) electrons. The Labute approximate surface area is 221 Å². The summed E-state index contributed by atoms with van der Waals surface area (Å²) >= 11 is 1.31. The third-order valence-corrected chi connectivity index (χ3v) is 7.64. The number of benzene rings is 2. The first-order valence-electron chi connectivity index (χ1n) is 12.0. The number of aryl methyl sites for hydroxylation is 1. The Hall–Kier alpha value is -3.31. The van der Waals surface area contributed by atoms with E-state index in [0.717, 1.165) is 24.2 Å². The van der Waals surface area contributed by atoms with E-state index in [4.69, 9.17) is 4.74 Å². The highest BCUT2D eigenvalue weighted by atomic mass is 32.2. The highest BCUT2D eigenvalue weighted by Gasteiger charge is 2.24. The molecule has 0 spiro atoms. The first kappa shape index (κ1) is 28.3. The molecule has 1 amide bonds. The molecule has 0 bridgehead atoms. The summed E-state index contributed by atoms with van der Waals surface area (Å²) in [7, 11) is -4.16. The molecule has 0 aliphatic rings. The standard InChI is InChI=1S/C26H31N3O6S2/c1-4-6-11-22-27-24(36-3)23(25(30)31)29(22)17-18-12-14-19(15-13-18)20-9-7-8-10-21(20)37(33,34)28-26(32)35-16-5-2/h7-10,12-15H,4-6,11,16-17H2,1-3H3,(H,28,32)(H,30,31). The van der Waals surface area contributed by atoms with Crippen LogP contribution in [0.2, 0.25) is 0 Å². The van der Waals surface area contributed by atoms with E-state index in [1.807, 2.05) is 23.8 Å². The molecule has 0 atom stereocenters. The monoisotopic (exact) mass is 545 g/mol. The van der Waals surface area contributed by atoms with Crippen molar-refractivity contribution < 1.29 is 27.9 Å². The number of amides is 1. The molecular formula is C26H31N3O6S2. The summed E-state index contributed by atoms with van der Waals surface area (Å²) in [4.78, 5) is 28.4. The quantitative estimate of drug-likeness (QED) is 0.298. The maximum atomic E-state index is 12.9. The molecule has 0 unspecified atom stereocenters. The normalized spacial score (nSPS) is 11.3. The largest absolute Gasteiger partial charge is 0.476 e. The fourth-order valence-electron chi connectivity index (χ4n) is 3.82. The van der Waals surface area contributed by atoms with Gasteiger partial charge >= 0.3 is 12.1 Å². The number of nitrogens with one attached hydrogen (secondary N) is 1. The van der Waals surface area contributed by atoms with Crippen LogP contribution in [0, 0.1) is 0 Å². The van der Waals surface area contributed by atoms with Crippen LogP contribution in [-0.4, -0.2) is 48.0 Å². The lowest BCUT2D eigenvalue weighted by atomic mass is 10.0. The Bertz CT molecular complexity index is 1350. The first-order chi connectivity index (χ1) is 17.7. The number of sulfonamides is 1. The second-order valence-corrected chi connectivity index (χ2v) is 10.8. The molecule has 9 nitrogen and oxygen atoms in total. The van der Waals surface area contributed by atoms with E-state index in [1.165, 1.54) is 17.8 Å². The first-order valence-corrected chi connectivity index (χ1v) is 14.7. The van der Waals surface area contributed by atoms with Gasteiger partial charge in [0, 0.05) is 18.5 Å². The van der Waals surface area contributed by atoms with Crippen molar-refractivity contribution in [1.82, 2.24) is 14.3 Å². The van der Waals surface area contributed by atoms with E-state index in [0.29, 0.717) is 35.5 Å². The Morgan fingerprint density at radius 1 is 1.08 bits per heavy atom. The van der Waals surface area contributed by atoms with Crippen molar-refractivity contribution >= 4 is 33.8 Å². The molecule has 2 N–H and O–H groups in total. The van der Waals surface area contributed by atoms with Gasteiger partial charge in [-0.2, -0.15) is 0 Å². The van der Waals surface area contributed by atoms with E-state index < -0.39 is 22.1 Å². The third-order valence-electron chi connectivity index (χ3n) is 5.60. The van der Waals surface area contributed by atoms with Gasteiger partial charge in [0.2, 0.25) is 0 Å². The van der Waals surface area contributed by atoms with E-state index in [-0.39, 0.29) is 17.2 Å². The van der Waals surface area contributed by atoms with Gasteiger partial charge in [-0.25, -0.2) is 27.7 Å². The maximum absolute atomic E-state index is 12.9. The third kappa shape index (κ3) is 6.92. The van der Waals surface area contributed by atoms with Crippen molar-refractivity contribution in [3.8, 4) is 11.1 Å². The highest BCUT2D eigenvalue weighted by Crippen LogP contribution is 2.29. The van der Waals surface area contributed by atoms with Crippen LogP contribution >= 0.6 is 11.8 Å². The SMILES string of the molecule is CCCCc1nc(SC)c(C(=O)O)n1Cc1ccc(-c2ccccc2S(=O)(=O)NC(=O)OCCC)cc1. The molecule has 0 aliphatic carbocycles. The lowest BCUT2D eigenvalue weighted by Gasteiger charge is -2.13. The summed E-state index contributed by atoms with van der Waals surface area (Å²) in [6, 6.07) is 13.6. The number of nitrogens with zero attached hydrogens (tertiary/aromatic N) is 2. The average Bonchev–Trinajstić information content (AvgIpc) is 3.23. The van der Waals surface area contributed by atoms with Gasteiger partial charge in [0.15, 0.2) is 5.69 Å². The number of carboxylic acids is 1. The molecule has 0 aliphatic heterocycles. The van der Waals surface area contributed by atoms with Crippen molar-refractivity contribution in [2.75, 3.05) is 12.9 Å². The lowest BCUT2D eigenvalue weighted by Crippen LogP contribution is -2.31. The molecule has 0 saturated carbocycles. The summed E-state index contributed by atoms with van der Waals surface area (Å²) in [6.45, 7) is 4.31. The summed E-state index contributed by atoms with van der Waals surface area (Å²) in [5, 5.41) is 10.3. The van der Waals surface area contributed by atoms with Crippen molar-refractivity contribution in [2.45, 2.75) is 56.0 Å². The molecule has 1 heterocycles. The average molecular weight is 546 g/mol. The second-order valence-electron chi connectivity index (χ2n) is 8.32. The summed E-state index contributed by atoms with van der Waals surface area (Å²) in [5.74, 6) is -0.300. The predicted molar refractivity (Wildman–Crippen MR) is 143 cm³/mol. The van der Waals surface area contributed by atoms with E-state index >= 15 is 0 Å². The van der Waals surface area contributed by atoms with Gasteiger partial charge in [-0.05, 0) is 36.3 Å². The van der Waals surface area contributed by atoms with E-state index in [9.17, 15) is 23.1 Å². The number of ether oxygens (including phenoxy) is 1. The molecular weight excluding hydrogens is 514 g/mol. The van der Waals surface area contributed by atoms with Gasteiger partial charge in [-0.1, -0.05) is 62.7 Å². The van der Waals surface area contributed by atoms with Gasteiger partial charge in [-0.15, -0.1) is 11.8 Å². The topological polar surface area (TPSA) is 128 Å². The number of imidazole rings is 1. The van der Waals surface area contributed by atoms with E-state index in [1.54, 1.807) is 41.2 Å². The van der Waals surface area contributed by atoms with Crippen LogP contribution in [0.5, 0.6) is 0 Å². The summed E-state index contributed by atoms with van der Waals surface area (Å²) in [5.41, 5.74) is 2.06. The zero-order valence-electron chi connectivity index (χ0n) is 21.1. The van der Waals surface area contributed by atoms with Crippen LogP contribution in [0.15, 0.2) is 58.5 Å². The van der Waals surface area contributed by atoms with Crippen molar-refractivity contribution in [1.29, 1.82) is 0 Å². The number of carbonyl (C=O) groups excluding carboxylic acids is 1. The fraction of sp³-hybridized carbons (Fsp3) is 0.346. The predicted octanol–water partition coefficient (Wildman–Crippen LogP) is 5.19. The Morgan fingerprint density at radius 3 is 2.41 bits per heavy atom. The zero-order valence-corrected chi connectivity index (χ0v) is 22.7. The molecule has 11 heteroatoms. The summed E-state index contributed by atoms with van der Waals surface area (Å²) in [6.07, 6.45) is 3.89. The number of carboxylic acid groups (broad SMARTS) is 1. The highest BCUT2D eigenvalue weighted by molar-refractivity contribution is 7.98. The van der Waals surface area contributed by atoms with Gasteiger partial charge in [0.05, 0.1) is 11.5 Å². The van der Waals surface area contributed by atoms with Crippen LogP contribution in [0.4, 0.5) is 4.79 Å². The zero-order chi connectivity index (χ0) is 27.0. The molecule has 0 saturated heterocycles. The summed E-state index contributed by atoms with van der Waals surface area (Å²) < 4.78 is 34.3. The van der Waals surface area contributed by atoms with Crippen molar-refractivity contribution in [2.24, 2.45) is 0 Å². The van der Waals surface area contributed by atoms with Gasteiger partial charge in [0.1, 0.15) is 10.9 Å². The Kier molecular flexibility index (Phi) is 9.76. The Morgan fingerprint density at radius 2 is 1.78 bits per heavy atom.